The minimum atomic E-state index is 0.150. The Balaban J connectivity index is 1.79. The van der Waals surface area contributed by atoms with Gasteiger partial charge in [0.2, 0.25) is 0 Å². The summed E-state index contributed by atoms with van der Waals surface area (Å²) in [5.74, 6) is 0. The zero-order valence-electron chi connectivity index (χ0n) is 7.75. The summed E-state index contributed by atoms with van der Waals surface area (Å²) in [6.07, 6.45) is 3.57. The molecule has 1 unspecified atom stereocenters. The molecule has 3 nitrogen and oxygen atoms in total. The largest absolute Gasteiger partial charge is 0.380 e. The lowest BCUT2D eigenvalue weighted by Crippen LogP contribution is -2.42. The van der Waals surface area contributed by atoms with E-state index in [0.29, 0.717) is 6.04 Å². The molecule has 1 atom stereocenters. The van der Waals surface area contributed by atoms with Crippen LogP contribution in [-0.4, -0.2) is 43.3 Å². The van der Waals surface area contributed by atoms with Gasteiger partial charge in [0, 0.05) is 24.7 Å². The lowest BCUT2D eigenvalue weighted by molar-refractivity contribution is 0.154. The Kier molecular flexibility index (Phi) is 2.10. The van der Waals surface area contributed by atoms with Crippen molar-refractivity contribution in [3.05, 3.63) is 0 Å². The van der Waals surface area contributed by atoms with E-state index in [2.05, 4.69) is 11.9 Å². The number of hydrogen-bond donors (Lipinski definition) is 1. The second kappa shape index (κ2) is 2.98. The maximum Gasteiger partial charge on any atom is 0.0622 e. The van der Waals surface area contributed by atoms with Gasteiger partial charge in [-0.2, -0.15) is 0 Å². The van der Waals surface area contributed by atoms with Crippen LogP contribution in [0.4, 0.5) is 0 Å². The highest BCUT2D eigenvalue weighted by Crippen LogP contribution is 2.33. The van der Waals surface area contributed by atoms with Gasteiger partial charge in [0.25, 0.3) is 0 Å². The monoisotopic (exact) mass is 170 g/mol. The summed E-state index contributed by atoms with van der Waals surface area (Å²) in [6, 6.07) is 0.617. The molecule has 70 valence electrons. The maximum atomic E-state index is 6.03. The van der Waals surface area contributed by atoms with Gasteiger partial charge in [-0.05, 0) is 26.3 Å². The Morgan fingerprint density at radius 3 is 2.83 bits per heavy atom. The average Bonchev–Trinajstić information content (AvgIpc) is 2.55. The van der Waals surface area contributed by atoms with Gasteiger partial charge in [0.15, 0.2) is 0 Å². The minimum absolute atomic E-state index is 0.150. The topological polar surface area (TPSA) is 38.5 Å². The van der Waals surface area contributed by atoms with Crippen LogP contribution in [0.15, 0.2) is 0 Å². The fourth-order valence-electron chi connectivity index (χ4n) is 1.81. The Bertz CT molecular complexity index is 162. The lowest BCUT2D eigenvalue weighted by atomic mass is 10.2. The number of nitrogens with zero attached hydrogens (tertiary/aromatic N) is 1. The summed E-state index contributed by atoms with van der Waals surface area (Å²) in [6.45, 7) is 2.86. The quantitative estimate of drug-likeness (QED) is 0.657. The van der Waals surface area contributed by atoms with Crippen LogP contribution in [0.25, 0.3) is 0 Å². The predicted octanol–water partition coefficient (Wildman–Crippen LogP) is 0.198. The predicted molar refractivity (Wildman–Crippen MR) is 48.0 cm³/mol. The van der Waals surface area contributed by atoms with E-state index >= 15 is 0 Å². The van der Waals surface area contributed by atoms with E-state index < -0.39 is 0 Å². The van der Waals surface area contributed by atoms with Crippen LogP contribution in [0.1, 0.15) is 19.3 Å². The normalized spacial score (nSPS) is 32.8. The highest BCUT2D eigenvalue weighted by molar-refractivity contribution is 5.01. The van der Waals surface area contributed by atoms with E-state index in [9.17, 15) is 0 Å². The number of ether oxygens (including phenoxy) is 1. The van der Waals surface area contributed by atoms with Crippen molar-refractivity contribution in [2.75, 3.05) is 26.8 Å². The number of hydrogen-bond acceptors (Lipinski definition) is 3. The lowest BCUT2D eigenvalue weighted by Gasteiger charge is -2.25. The van der Waals surface area contributed by atoms with E-state index in [1.165, 1.54) is 19.3 Å². The van der Waals surface area contributed by atoms with Gasteiger partial charge < -0.3 is 10.5 Å². The van der Waals surface area contributed by atoms with Crippen LogP contribution < -0.4 is 5.73 Å². The van der Waals surface area contributed by atoms with Gasteiger partial charge in [0.1, 0.15) is 0 Å². The van der Waals surface area contributed by atoms with Crippen molar-refractivity contribution < 1.29 is 4.74 Å². The van der Waals surface area contributed by atoms with Crippen molar-refractivity contribution in [1.29, 1.82) is 0 Å². The third kappa shape index (κ3) is 1.79. The Morgan fingerprint density at radius 1 is 1.58 bits per heavy atom. The molecule has 2 fully saturated rings. The van der Waals surface area contributed by atoms with Gasteiger partial charge in [-0.1, -0.05) is 0 Å². The van der Waals surface area contributed by atoms with Crippen molar-refractivity contribution in [3.63, 3.8) is 0 Å². The van der Waals surface area contributed by atoms with E-state index in [1.807, 2.05) is 0 Å². The summed E-state index contributed by atoms with van der Waals surface area (Å²) in [4.78, 5) is 2.36. The molecule has 0 spiro atoms. The van der Waals surface area contributed by atoms with E-state index in [4.69, 9.17) is 10.5 Å². The summed E-state index contributed by atoms with van der Waals surface area (Å²) >= 11 is 0. The fourth-order valence-corrected chi connectivity index (χ4v) is 1.81. The molecule has 3 heteroatoms. The zero-order valence-corrected chi connectivity index (χ0v) is 7.75. The minimum Gasteiger partial charge on any atom is -0.380 e. The van der Waals surface area contributed by atoms with Crippen molar-refractivity contribution >= 4 is 0 Å². The summed E-state index contributed by atoms with van der Waals surface area (Å²) in [5, 5.41) is 0. The zero-order chi connectivity index (χ0) is 8.60. The fraction of sp³-hybridized carbons (Fsp3) is 1.00. The first kappa shape index (κ1) is 8.48. The van der Waals surface area contributed by atoms with Crippen molar-refractivity contribution in [2.45, 2.75) is 30.8 Å². The molecule has 0 aromatic carbocycles. The average molecular weight is 170 g/mol. The van der Waals surface area contributed by atoms with Gasteiger partial charge in [-0.15, -0.1) is 0 Å². The van der Waals surface area contributed by atoms with Crippen LogP contribution in [0.2, 0.25) is 0 Å². The second-order valence-corrected chi connectivity index (χ2v) is 4.29. The summed E-state index contributed by atoms with van der Waals surface area (Å²) in [7, 11) is 2.16. The van der Waals surface area contributed by atoms with Gasteiger partial charge in [0.05, 0.1) is 6.61 Å². The molecule has 0 radical (unpaired) electrons. The van der Waals surface area contributed by atoms with Crippen molar-refractivity contribution in [3.8, 4) is 0 Å². The first-order valence-corrected chi connectivity index (χ1v) is 4.76. The molecule has 2 rings (SSSR count). The highest BCUT2D eigenvalue weighted by Gasteiger charge is 2.40. The molecule has 0 bridgehead atoms. The standard InChI is InChI=1S/C9H18N2O/c1-11(7-9(10)3-4-9)8-2-5-12-6-8/h8H,2-7,10H2,1H3. The van der Waals surface area contributed by atoms with Gasteiger partial charge >= 0.3 is 0 Å². The summed E-state index contributed by atoms with van der Waals surface area (Å²) in [5.41, 5.74) is 6.18. The molecule has 0 aromatic heterocycles. The summed E-state index contributed by atoms with van der Waals surface area (Å²) < 4.78 is 5.33. The highest BCUT2D eigenvalue weighted by atomic mass is 16.5. The molecule has 0 amide bonds. The van der Waals surface area contributed by atoms with Crippen molar-refractivity contribution in [2.24, 2.45) is 5.73 Å². The third-order valence-electron chi connectivity index (χ3n) is 2.99. The molecule has 1 saturated carbocycles. The smallest absolute Gasteiger partial charge is 0.0622 e. The van der Waals surface area contributed by atoms with Crippen LogP contribution in [0.5, 0.6) is 0 Å². The second-order valence-electron chi connectivity index (χ2n) is 4.29. The molecule has 1 aliphatic heterocycles. The molecule has 12 heavy (non-hydrogen) atoms. The SMILES string of the molecule is CN(CC1(N)CC1)C1CCOC1. The van der Waals surface area contributed by atoms with Crippen molar-refractivity contribution in [1.82, 2.24) is 4.90 Å². The van der Waals surface area contributed by atoms with Crippen LogP contribution in [0.3, 0.4) is 0 Å². The Morgan fingerprint density at radius 2 is 2.33 bits per heavy atom. The van der Waals surface area contributed by atoms with Gasteiger partial charge in [-0.3, -0.25) is 4.90 Å². The molecule has 0 aromatic rings. The van der Waals surface area contributed by atoms with Crippen LogP contribution in [0, 0.1) is 0 Å². The number of nitrogens with two attached hydrogens (primary N) is 1. The Labute approximate surface area is 73.9 Å². The molecular formula is C9H18N2O. The van der Waals surface area contributed by atoms with E-state index in [1.54, 1.807) is 0 Å². The Hall–Kier alpha value is -0.120. The number of likely N-dealkylation sites (N-methyl/N-ethyl adjacent to an activating group) is 1. The molecular weight excluding hydrogens is 152 g/mol. The molecule has 2 aliphatic rings. The molecule has 1 aliphatic carbocycles. The third-order valence-corrected chi connectivity index (χ3v) is 2.99. The maximum absolute atomic E-state index is 6.03. The first-order valence-electron chi connectivity index (χ1n) is 4.76. The van der Waals surface area contributed by atoms with E-state index in [-0.39, 0.29) is 5.54 Å². The molecule has 2 N–H and O–H groups in total. The van der Waals surface area contributed by atoms with E-state index in [0.717, 1.165) is 19.8 Å². The number of rotatable bonds is 3. The van der Waals surface area contributed by atoms with Crippen LogP contribution >= 0.6 is 0 Å². The van der Waals surface area contributed by atoms with Gasteiger partial charge in [-0.25, -0.2) is 0 Å². The molecule has 1 heterocycles. The first-order chi connectivity index (χ1) is 5.70. The molecule has 1 saturated heterocycles. The van der Waals surface area contributed by atoms with Crippen LogP contribution in [-0.2, 0) is 4.74 Å².